The van der Waals surface area contributed by atoms with E-state index < -0.39 is 77.8 Å². The maximum Gasteiger partial charge on any atom is 0.349 e. The van der Waals surface area contributed by atoms with Crippen LogP contribution in [0.2, 0.25) is 0 Å². The van der Waals surface area contributed by atoms with Crippen molar-refractivity contribution in [3.63, 3.8) is 0 Å². The van der Waals surface area contributed by atoms with E-state index in [2.05, 4.69) is 5.32 Å². The Hall–Kier alpha value is -3.65. The van der Waals surface area contributed by atoms with Crippen molar-refractivity contribution >= 4 is 47.5 Å². The van der Waals surface area contributed by atoms with Gasteiger partial charge in [0.1, 0.15) is 18.8 Å². The molecule has 220 valence electrons. The Kier molecular flexibility index (Phi) is 11.9. The third-order valence-corrected chi connectivity index (χ3v) is 6.79. The minimum atomic E-state index is -1.89. The molecule has 1 aliphatic heterocycles. The van der Waals surface area contributed by atoms with Crippen molar-refractivity contribution in [3.05, 3.63) is 30.3 Å². The summed E-state index contributed by atoms with van der Waals surface area (Å²) in [4.78, 5) is 72.3. The summed E-state index contributed by atoms with van der Waals surface area (Å²) in [6.07, 6.45) is -5.98. The fourth-order valence-electron chi connectivity index (χ4n) is 4.18. The first-order valence-electron chi connectivity index (χ1n) is 12.2. The molecule has 40 heavy (non-hydrogen) atoms. The molecule has 2 rings (SSSR count). The van der Waals surface area contributed by atoms with Crippen LogP contribution in [0.5, 0.6) is 0 Å². The predicted molar refractivity (Wildman–Crippen MR) is 137 cm³/mol. The second-order valence-electron chi connectivity index (χ2n) is 8.84. The number of hydrogen-bond donors (Lipinski definition) is 1. The Morgan fingerprint density at radius 1 is 0.950 bits per heavy atom. The first kappa shape index (κ1) is 32.6. The topological polar surface area (TPSA) is 170 Å². The highest BCUT2D eigenvalue weighted by Gasteiger charge is 2.58. The molecule has 1 N–H and O–H groups in total. The molecule has 0 bridgehead atoms. The van der Waals surface area contributed by atoms with E-state index in [0.29, 0.717) is 4.90 Å². The molecule has 1 fully saturated rings. The van der Waals surface area contributed by atoms with Crippen LogP contribution >= 0.6 is 11.8 Å². The lowest BCUT2D eigenvalue weighted by atomic mass is 9.94. The van der Waals surface area contributed by atoms with Gasteiger partial charge >= 0.3 is 29.8 Å². The van der Waals surface area contributed by atoms with Gasteiger partial charge in [-0.2, -0.15) is 0 Å². The number of amides is 1. The second-order valence-corrected chi connectivity index (χ2v) is 10.2. The SMILES string of the molecule is COC(=O)[C@@]1(Sc2ccccc2)[13CH2][C@H](OC(C)=O)[C@@H](NC(C)=O)[C@H]([C@H](OC(C)=O)[C@@H](COC(C)=O)OC(C)=O)O1. The minimum Gasteiger partial charge on any atom is -0.466 e. The molecule has 0 radical (unpaired) electrons. The molecule has 1 aromatic carbocycles. The summed E-state index contributed by atoms with van der Waals surface area (Å²) in [5, 5.41) is 2.63. The van der Waals surface area contributed by atoms with Gasteiger partial charge in [-0.15, -0.1) is 0 Å². The van der Waals surface area contributed by atoms with Gasteiger partial charge in [0.2, 0.25) is 10.8 Å². The van der Waals surface area contributed by atoms with E-state index in [1.807, 2.05) is 0 Å². The van der Waals surface area contributed by atoms with Crippen LogP contribution in [0.1, 0.15) is 41.0 Å². The normalized spacial score (nSPS) is 23.5. The molecule has 1 heterocycles. The standard InChI is InChI=1S/C26H33NO12S/c1-14(28)27-22-20(36-16(3)30)12-26(25(33)34-6,40-19-10-8-7-9-11-19)39-24(22)23(38-18(5)32)21(37-17(4)31)13-35-15(2)29/h7-11,20-24H,12-13H2,1-6H3,(H,27,28)/t20-,21+,22+,23+,24+,26-/m0/s1/i12+1. The van der Waals surface area contributed by atoms with Gasteiger partial charge in [-0.05, 0) is 12.1 Å². The van der Waals surface area contributed by atoms with Gasteiger partial charge in [0.25, 0.3) is 0 Å². The number of esters is 5. The summed E-state index contributed by atoms with van der Waals surface area (Å²) in [5.74, 6) is -4.54. The number of ether oxygens (including phenoxy) is 6. The van der Waals surface area contributed by atoms with Gasteiger partial charge in [-0.25, -0.2) is 4.79 Å². The van der Waals surface area contributed by atoms with Gasteiger partial charge < -0.3 is 33.7 Å². The Morgan fingerprint density at radius 3 is 2.08 bits per heavy atom. The number of benzene rings is 1. The van der Waals surface area contributed by atoms with E-state index in [9.17, 15) is 28.8 Å². The lowest BCUT2D eigenvalue weighted by Crippen LogP contribution is -2.68. The summed E-state index contributed by atoms with van der Waals surface area (Å²) in [7, 11) is 1.14. The number of thioether (sulfide) groups is 1. The number of carbonyl (C=O) groups is 6. The molecule has 1 aromatic rings. The molecule has 0 spiro atoms. The number of rotatable bonds is 11. The van der Waals surface area contributed by atoms with Crippen LogP contribution < -0.4 is 5.32 Å². The molecule has 1 aliphatic rings. The molecule has 0 unspecified atom stereocenters. The summed E-state index contributed by atoms with van der Waals surface area (Å²) in [6, 6.07) is 7.43. The van der Waals surface area contributed by atoms with Crippen molar-refractivity contribution in [2.75, 3.05) is 13.7 Å². The molecule has 13 nitrogen and oxygen atoms in total. The predicted octanol–water partition coefficient (Wildman–Crippen LogP) is 1.30. The van der Waals surface area contributed by atoms with Crippen LogP contribution in [0.15, 0.2) is 35.2 Å². The summed E-state index contributed by atoms with van der Waals surface area (Å²) in [6.45, 7) is 5.07. The van der Waals surface area contributed by atoms with Gasteiger partial charge in [-0.1, -0.05) is 30.0 Å². The first-order chi connectivity index (χ1) is 18.8. The highest BCUT2D eigenvalue weighted by molar-refractivity contribution is 8.01. The average Bonchev–Trinajstić information content (AvgIpc) is 2.85. The lowest BCUT2D eigenvalue weighted by Gasteiger charge is -2.48. The van der Waals surface area contributed by atoms with E-state index in [4.69, 9.17) is 28.4 Å². The van der Waals surface area contributed by atoms with Gasteiger partial charge in [0, 0.05) is 45.9 Å². The van der Waals surface area contributed by atoms with Gasteiger partial charge in [0.15, 0.2) is 12.2 Å². The highest BCUT2D eigenvalue weighted by Crippen LogP contribution is 2.45. The van der Waals surface area contributed by atoms with E-state index in [0.717, 1.165) is 46.6 Å². The largest absolute Gasteiger partial charge is 0.466 e. The summed E-state index contributed by atoms with van der Waals surface area (Å²) >= 11 is 0.946. The molecule has 1 amide bonds. The molecular formula is C26H33NO12S. The lowest BCUT2D eigenvalue weighted by molar-refractivity contribution is -0.224. The maximum atomic E-state index is 13.3. The van der Waals surface area contributed by atoms with Crippen LogP contribution in [0.4, 0.5) is 0 Å². The van der Waals surface area contributed by atoms with Crippen molar-refractivity contribution in [1.29, 1.82) is 0 Å². The van der Waals surface area contributed by atoms with Crippen LogP contribution in [-0.2, 0) is 57.2 Å². The number of carbonyl (C=O) groups excluding carboxylic acids is 6. The van der Waals surface area contributed by atoms with Crippen molar-refractivity contribution in [1.82, 2.24) is 5.32 Å². The van der Waals surface area contributed by atoms with Crippen LogP contribution in [-0.4, -0.2) is 84.9 Å². The number of hydrogen-bond acceptors (Lipinski definition) is 13. The van der Waals surface area contributed by atoms with E-state index in [1.165, 1.54) is 6.92 Å². The zero-order chi connectivity index (χ0) is 30.0. The van der Waals surface area contributed by atoms with Crippen molar-refractivity contribution in [3.8, 4) is 0 Å². The van der Waals surface area contributed by atoms with E-state index >= 15 is 0 Å². The van der Waals surface area contributed by atoms with E-state index in [1.54, 1.807) is 30.3 Å². The minimum absolute atomic E-state index is 0.283. The number of methoxy groups -OCH3 is 1. The zero-order valence-electron chi connectivity index (χ0n) is 23.0. The number of nitrogens with one attached hydrogen (secondary N) is 1. The monoisotopic (exact) mass is 584 g/mol. The first-order valence-corrected chi connectivity index (χ1v) is 13.0. The highest BCUT2D eigenvalue weighted by atomic mass is 32.2. The Bertz CT molecular complexity index is 1100. The quantitative estimate of drug-likeness (QED) is 0.224. The van der Waals surface area contributed by atoms with E-state index in [-0.39, 0.29) is 6.42 Å². The average molecular weight is 585 g/mol. The van der Waals surface area contributed by atoms with Crippen molar-refractivity contribution in [2.24, 2.45) is 0 Å². The molecule has 1 saturated heterocycles. The fraction of sp³-hybridized carbons (Fsp3) is 0.538. The van der Waals surface area contributed by atoms with Crippen molar-refractivity contribution < 1.29 is 57.2 Å². The molecule has 0 saturated carbocycles. The van der Waals surface area contributed by atoms with Crippen LogP contribution in [0.25, 0.3) is 0 Å². The zero-order valence-corrected chi connectivity index (χ0v) is 23.8. The molecular weight excluding hydrogens is 551 g/mol. The Labute approximate surface area is 235 Å². The Balaban J connectivity index is 2.76. The van der Waals surface area contributed by atoms with Gasteiger partial charge in [-0.3, -0.25) is 24.0 Å². The summed E-state index contributed by atoms with van der Waals surface area (Å²) in [5.41, 5.74) is 0. The smallest absolute Gasteiger partial charge is 0.349 e. The maximum absolute atomic E-state index is 13.3. The van der Waals surface area contributed by atoms with Crippen molar-refractivity contribution in [2.45, 2.75) is 81.3 Å². The molecule has 0 aliphatic carbocycles. The molecule has 14 heteroatoms. The van der Waals surface area contributed by atoms with Gasteiger partial charge in [0.05, 0.1) is 13.2 Å². The fourth-order valence-corrected chi connectivity index (χ4v) is 5.43. The second kappa shape index (κ2) is 14.7. The Morgan fingerprint density at radius 2 is 1.57 bits per heavy atom. The third kappa shape index (κ3) is 9.23. The van der Waals surface area contributed by atoms with Crippen LogP contribution in [0.3, 0.4) is 0 Å². The molecule has 6 atom stereocenters. The summed E-state index contributed by atoms with van der Waals surface area (Å²) < 4.78 is 32.9. The third-order valence-electron chi connectivity index (χ3n) is 5.52. The van der Waals surface area contributed by atoms with Crippen LogP contribution in [0, 0.1) is 0 Å². The molecule has 0 aromatic heterocycles.